The van der Waals surface area contributed by atoms with E-state index in [1.807, 2.05) is 24.9 Å². The highest BCUT2D eigenvalue weighted by molar-refractivity contribution is 7.99. The standard InChI is InChI=1S/C28H36O2S/c1-19-12-21(3)26(13-20(19)2)16-28(5,30-7)18-31-17-22(4)23-8-9-25-15-27(29-6)11-10-24(25)14-23/h8-15,22H,16-18H2,1-7H3. The maximum Gasteiger partial charge on any atom is 0.119 e. The zero-order valence-corrected chi connectivity index (χ0v) is 20.9. The molecule has 0 aromatic heterocycles. The van der Waals surface area contributed by atoms with Crippen LogP contribution in [-0.2, 0) is 11.2 Å². The van der Waals surface area contributed by atoms with Gasteiger partial charge in [0.15, 0.2) is 0 Å². The number of aryl methyl sites for hydroxylation is 3. The molecule has 0 bridgehead atoms. The SMILES string of the molecule is COc1ccc2cc(C(C)CSCC(C)(Cc3cc(C)c(C)cc3C)OC)ccc2c1. The molecule has 2 atom stereocenters. The Labute approximate surface area is 192 Å². The molecule has 0 saturated carbocycles. The van der Waals surface area contributed by atoms with Crippen LogP contribution in [0, 0.1) is 20.8 Å². The Morgan fingerprint density at radius 2 is 1.55 bits per heavy atom. The van der Waals surface area contributed by atoms with Gasteiger partial charge in [-0.1, -0.05) is 43.3 Å². The van der Waals surface area contributed by atoms with Crippen molar-refractivity contribution >= 4 is 22.5 Å². The Balaban J connectivity index is 1.63. The van der Waals surface area contributed by atoms with Crippen molar-refractivity contribution in [2.45, 2.75) is 52.6 Å². The van der Waals surface area contributed by atoms with Crippen LogP contribution in [0.25, 0.3) is 10.8 Å². The zero-order valence-electron chi connectivity index (χ0n) is 20.0. The number of rotatable bonds is 9. The molecule has 3 aromatic rings. The predicted octanol–water partition coefficient (Wildman–Crippen LogP) is 7.26. The largest absolute Gasteiger partial charge is 0.497 e. The van der Waals surface area contributed by atoms with Crippen LogP contribution < -0.4 is 4.74 Å². The first-order valence-corrected chi connectivity index (χ1v) is 12.2. The summed E-state index contributed by atoms with van der Waals surface area (Å²) < 4.78 is 11.3. The predicted molar refractivity (Wildman–Crippen MR) is 136 cm³/mol. The number of fused-ring (bicyclic) bond motifs is 1. The molecule has 166 valence electrons. The molecule has 0 heterocycles. The minimum Gasteiger partial charge on any atom is -0.497 e. The molecule has 2 nitrogen and oxygen atoms in total. The van der Waals surface area contributed by atoms with Crippen molar-refractivity contribution in [1.82, 2.24) is 0 Å². The summed E-state index contributed by atoms with van der Waals surface area (Å²) in [5.74, 6) is 3.44. The van der Waals surface area contributed by atoms with Crippen molar-refractivity contribution in [3.63, 3.8) is 0 Å². The maximum atomic E-state index is 6.00. The van der Waals surface area contributed by atoms with E-state index in [4.69, 9.17) is 9.47 Å². The minimum atomic E-state index is -0.170. The molecule has 0 aliphatic heterocycles. The van der Waals surface area contributed by atoms with Crippen LogP contribution >= 0.6 is 11.8 Å². The van der Waals surface area contributed by atoms with Gasteiger partial charge in [-0.15, -0.1) is 0 Å². The van der Waals surface area contributed by atoms with E-state index in [1.165, 1.54) is 38.6 Å². The van der Waals surface area contributed by atoms with Crippen LogP contribution in [0.3, 0.4) is 0 Å². The highest BCUT2D eigenvalue weighted by Gasteiger charge is 2.25. The van der Waals surface area contributed by atoms with Gasteiger partial charge in [0.2, 0.25) is 0 Å². The van der Waals surface area contributed by atoms with E-state index in [2.05, 4.69) is 77.1 Å². The van der Waals surface area contributed by atoms with Crippen molar-refractivity contribution in [3.05, 3.63) is 76.3 Å². The normalized spacial score (nSPS) is 14.4. The Hall–Kier alpha value is -1.97. The third-order valence-electron chi connectivity index (χ3n) is 6.43. The molecule has 2 unspecified atom stereocenters. The van der Waals surface area contributed by atoms with Crippen molar-refractivity contribution in [2.75, 3.05) is 25.7 Å². The number of ether oxygens (including phenoxy) is 2. The lowest BCUT2D eigenvalue weighted by Gasteiger charge is -2.29. The lowest BCUT2D eigenvalue weighted by molar-refractivity contribution is 0.0274. The fraction of sp³-hybridized carbons (Fsp3) is 0.429. The molecule has 3 heteroatoms. The fourth-order valence-corrected chi connectivity index (χ4v) is 5.33. The van der Waals surface area contributed by atoms with E-state index in [-0.39, 0.29) is 5.60 Å². The first-order chi connectivity index (χ1) is 14.7. The van der Waals surface area contributed by atoms with Gasteiger partial charge in [0.05, 0.1) is 12.7 Å². The van der Waals surface area contributed by atoms with E-state index < -0.39 is 0 Å². The van der Waals surface area contributed by atoms with Gasteiger partial charge in [0.1, 0.15) is 5.75 Å². The topological polar surface area (TPSA) is 18.5 Å². The molecule has 0 spiro atoms. The van der Waals surface area contributed by atoms with Gasteiger partial charge in [-0.05, 0) is 90.1 Å². The summed E-state index contributed by atoms with van der Waals surface area (Å²) in [4.78, 5) is 0. The van der Waals surface area contributed by atoms with Gasteiger partial charge in [-0.3, -0.25) is 0 Å². The molecule has 0 fully saturated rings. The molecule has 0 aliphatic rings. The summed E-state index contributed by atoms with van der Waals surface area (Å²) >= 11 is 1.99. The van der Waals surface area contributed by atoms with E-state index >= 15 is 0 Å². The molecule has 3 aromatic carbocycles. The summed E-state index contributed by atoms with van der Waals surface area (Å²) in [7, 11) is 3.56. The van der Waals surface area contributed by atoms with E-state index in [0.29, 0.717) is 5.92 Å². The summed E-state index contributed by atoms with van der Waals surface area (Å²) in [6, 6.07) is 17.7. The number of hydrogen-bond donors (Lipinski definition) is 0. The molecular weight excluding hydrogens is 400 g/mol. The van der Waals surface area contributed by atoms with Crippen LogP contribution in [0.2, 0.25) is 0 Å². The highest BCUT2D eigenvalue weighted by atomic mass is 32.2. The van der Waals surface area contributed by atoms with Crippen LogP contribution in [-0.4, -0.2) is 31.3 Å². The number of hydrogen-bond acceptors (Lipinski definition) is 3. The highest BCUT2D eigenvalue weighted by Crippen LogP contribution is 2.30. The minimum absolute atomic E-state index is 0.170. The summed E-state index contributed by atoms with van der Waals surface area (Å²) in [5, 5.41) is 2.49. The summed E-state index contributed by atoms with van der Waals surface area (Å²) in [5.41, 5.74) is 6.68. The smallest absolute Gasteiger partial charge is 0.119 e. The second kappa shape index (κ2) is 10.1. The van der Waals surface area contributed by atoms with Gasteiger partial charge in [0, 0.05) is 19.3 Å². The van der Waals surface area contributed by atoms with Crippen molar-refractivity contribution in [3.8, 4) is 5.75 Å². The molecule has 0 radical (unpaired) electrons. The maximum absolute atomic E-state index is 6.00. The molecule has 0 saturated heterocycles. The molecule has 0 aliphatic carbocycles. The molecule has 0 amide bonds. The first kappa shape index (κ1) is 23.7. The third-order valence-corrected chi connectivity index (χ3v) is 7.98. The summed E-state index contributed by atoms with van der Waals surface area (Å²) in [6.07, 6.45) is 0.940. The Morgan fingerprint density at radius 1 is 0.871 bits per heavy atom. The van der Waals surface area contributed by atoms with Gasteiger partial charge in [0.25, 0.3) is 0 Å². The second-order valence-corrected chi connectivity index (χ2v) is 10.1. The van der Waals surface area contributed by atoms with Gasteiger partial charge in [-0.2, -0.15) is 11.8 Å². The lowest BCUT2D eigenvalue weighted by Crippen LogP contribution is -2.33. The zero-order chi connectivity index (χ0) is 22.6. The fourth-order valence-electron chi connectivity index (χ4n) is 4.02. The Morgan fingerprint density at radius 3 is 2.26 bits per heavy atom. The molecule has 3 rings (SSSR count). The van der Waals surface area contributed by atoms with Crippen LogP contribution in [0.1, 0.15) is 47.6 Å². The lowest BCUT2D eigenvalue weighted by atomic mass is 9.92. The third kappa shape index (κ3) is 5.84. The first-order valence-electron chi connectivity index (χ1n) is 11.0. The van der Waals surface area contributed by atoms with Crippen molar-refractivity contribution in [1.29, 1.82) is 0 Å². The quantitative estimate of drug-likeness (QED) is 0.352. The van der Waals surface area contributed by atoms with Crippen LogP contribution in [0.15, 0.2) is 48.5 Å². The van der Waals surface area contributed by atoms with Gasteiger partial charge < -0.3 is 9.47 Å². The van der Waals surface area contributed by atoms with Gasteiger partial charge in [-0.25, -0.2) is 0 Å². The van der Waals surface area contributed by atoms with Crippen LogP contribution in [0.5, 0.6) is 5.75 Å². The molecular formula is C28H36O2S. The van der Waals surface area contributed by atoms with Crippen molar-refractivity contribution < 1.29 is 9.47 Å². The van der Waals surface area contributed by atoms with E-state index in [0.717, 1.165) is 23.7 Å². The summed E-state index contributed by atoms with van der Waals surface area (Å²) in [6.45, 7) is 11.1. The Kier molecular flexibility index (Phi) is 7.72. The van der Waals surface area contributed by atoms with Crippen LogP contribution in [0.4, 0.5) is 0 Å². The van der Waals surface area contributed by atoms with E-state index in [9.17, 15) is 0 Å². The monoisotopic (exact) mass is 436 g/mol. The average molecular weight is 437 g/mol. The van der Waals surface area contributed by atoms with Crippen molar-refractivity contribution in [2.24, 2.45) is 0 Å². The average Bonchev–Trinajstić information content (AvgIpc) is 2.76. The number of thioether (sulfide) groups is 1. The van der Waals surface area contributed by atoms with Gasteiger partial charge >= 0.3 is 0 Å². The van der Waals surface area contributed by atoms with E-state index in [1.54, 1.807) is 7.11 Å². The second-order valence-electron chi connectivity index (χ2n) is 9.08. The Bertz CT molecular complexity index is 1040. The number of methoxy groups -OCH3 is 2. The number of benzene rings is 3. The molecule has 31 heavy (non-hydrogen) atoms. The molecule has 0 N–H and O–H groups in total.